The van der Waals surface area contributed by atoms with Gasteiger partial charge >= 0.3 is 0 Å². The van der Waals surface area contributed by atoms with E-state index in [0.29, 0.717) is 25.0 Å². The third kappa shape index (κ3) is 5.68. The summed E-state index contributed by atoms with van der Waals surface area (Å²) in [6, 6.07) is 0. The SMILES string of the molecule is C=C(C)[C@@H]1CC=C(CN2CCC(CCC(=O)N3CCOCC3)CC2)CC1. The van der Waals surface area contributed by atoms with E-state index in [-0.39, 0.29) is 0 Å². The van der Waals surface area contributed by atoms with Crippen molar-refractivity contribution in [2.45, 2.75) is 51.9 Å². The normalized spacial score (nSPS) is 25.8. The Morgan fingerprint density at radius 2 is 1.92 bits per heavy atom. The zero-order valence-corrected chi connectivity index (χ0v) is 16.5. The number of morpholine rings is 1. The Labute approximate surface area is 159 Å². The molecular weight excluding hydrogens is 324 g/mol. The van der Waals surface area contributed by atoms with Gasteiger partial charge in [0.05, 0.1) is 13.2 Å². The van der Waals surface area contributed by atoms with E-state index in [1.807, 2.05) is 4.90 Å². The van der Waals surface area contributed by atoms with Gasteiger partial charge < -0.3 is 9.64 Å². The average Bonchev–Trinajstić information content (AvgIpc) is 2.68. The van der Waals surface area contributed by atoms with Gasteiger partial charge in [-0.05, 0) is 70.4 Å². The van der Waals surface area contributed by atoms with Crippen LogP contribution in [0.5, 0.6) is 0 Å². The molecule has 0 unspecified atom stereocenters. The molecule has 2 saturated heterocycles. The molecule has 1 amide bonds. The molecule has 2 fully saturated rings. The summed E-state index contributed by atoms with van der Waals surface area (Å²) in [5.41, 5.74) is 2.97. The molecule has 4 nitrogen and oxygen atoms in total. The van der Waals surface area contributed by atoms with Gasteiger partial charge in [-0.1, -0.05) is 23.8 Å². The first-order chi connectivity index (χ1) is 12.6. The van der Waals surface area contributed by atoms with Gasteiger partial charge in [0.25, 0.3) is 0 Å². The molecule has 0 aromatic rings. The van der Waals surface area contributed by atoms with Crippen LogP contribution < -0.4 is 0 Å². The summed E-state index contributed by atoms with van der Waals surface area (Å²) in [5.74, 6) is 1.76. The number of ether oxygens (including phenoxy) is 1. The van der Waals surface area contributed by atoms with E-state index < -0.39 is 0 Å². The van der Waals surface area contributed by atoms with Gasteiger partial charge in [0, 0.05) is 26.1 Å². The second kappa shape index (κ2) is 9.70. The van der Waals surface area contributed by atoms with Crippen molar-refractivity contribution in [2.24, 2.45) is 11.8 Å². The van der Waals surface area contributed by atoms with Crippen LogP contribution in [0.1, 0.15) is 51.9 Å². The van der Waals surface area contributed by atoms with Crippen LogP contribution >= 0.6 is 0 Å². The van der Waals surface area contributed by atoms with E-state index in [1.54, 1.807) is 5.57 Å². The Bertz CT molecular complexity index is 514. The highest BCUT2D eigenvalue weighted by atomic mass is 16.5. The maximum atomic E-state index is 12.3. The zero-order chi connectivity index (χ0) is 18.4. The Balaban J connectivity index is 1.33. The van der Waals surface area contributed by atoms with Gasteiger partial charge in [-0.3, -0.25) is 9.69 Å². The molecule has 4 heteroatoms. The van der Waals surface area contributed by atoms with Crippen molar-refractivity contribution in [2.75, 3.05) is 45.9 Å². The summed E-state index contributed by atoms with van der Waals surface area (Å²) in [5, 5.41) is 0. The second-order valence-corrected chi connectivity index (χ2v) is 8.43. The lowest BCUT2D eigenvalue weighted by molar-refractivity contribution is -0.135. The number of carbonyl (C=O) groups is 1. The van der Waals surface area contributed by atoms with Crippen molar-refractivity contribution in [1.29, 1.82) is 0 Å². The highest BCUT2D eigenvalue weighted by Gasteiger charge is 2.23. The first kappa shape index (κ1) is 19.6. The number of amides is 1. The van der Waals surface area contributed by atoms with Gasteiger partial charge in [0.1, 0.15) is 0 Å². The molecule has 3 aliphatic rings. The number of allylic oxidation sites excluding steroid dienone is 2. The van der Waals surface area contributed by atoms with Gasteiger partial charge in [-0.15, -0.1) is 0 Å². The Morgan fingerprint density at radius 3 is 2.54 bits per heavy atom. The summed E-state index contributed by atoms with van der Waals surface area (Å²) in [7, 11) is 0. The van der Waals surface area contributed by atoms with E-state index >= 15 is 0 Å². The average molecular weight is 361 g/mol. The van der Waals surface area contributed by atoms with Gasteiger partial charge in [-0.25, -0.2) is 0 Å². The molecule has 2 heterocycles. The van der Waals surface area contributed by atoms with Crippen molar-refractivity contribution >= 4 is 5.91 Å². The molecule has 0 bridgehead atoms. The predicted octanol–water partition coefficient (Wildman–Crippen LogP) is 3.64. The maximum absolute atomic E-state index is 12.3. The zero-order valence-electron chi connectivity index (χ0n) is 16.5. The summed E-state index contributed by atoms with van der Waals surface area (Å²) in [4.78, 5) is 16.9. The predicted molar refractivity (Wildman–Crippen MR) is 106 cm³/mol. The lowest BCUT2D eigenvalue weighted by Gasteiger charge is -2.34. The van der Waals surface area contributed by atoms with Crippen LogP contribution in [0.2, 0.25) is 0 Å². The number of hydrogen-bond acceptors (Lipinski definition) is 3. The molecule has 3 rings (SSSR count). The molecule has 0 N–H and O–H groups in total. The lowest BCUT2D eigenvalue weighted by Crippen LogP contribution is -2.41. The van der Waals surface area contributed by atoms with Crippen molar-refractivity contribution in [3.63, 3.8) is 0 Å². The Hall–Kier alpha value is -1.13. The first-order valence-corrected chi connectivity index (χ1v) is 10.5. The van der Waals surface area contributed by atoms with E-state index in [1.165, 1.54) is 50.8 Å². The summed E-state index contributed by atoms with van der Waals surface area (Å²) >= 11 is 0. The first-order valence-electron chi connectivity index (χ1n) is 10.5. The number of rotatable bonds is 6. The number of carbonyl (C=O) groups excluding carboxylic acids is 1. The molecule has 0 saturated carbocycles. The molecule has 26 heavy (non-hydrogen) atoms. The van der Waals surface area contributed by atoms with E-state index in [4.69, 9.17) is 4.74 Å². The highest BCUT2D eigenvalue weighted by Crippen LogP contribution is 2.30. The van der Waals surface area contributed by atoms with Crippen LogP contribution in [-0.2, 0) is 9.53 Å². The number of likely N-dealkylation sites (tertiary alicyclic amines) is 1. The van der Waals surface area contributed by atoms with Crippen LogP contribution in [0.15, 0.2) is 23.8 Å². The van der Waals surface area contributed by atoms with Crippen molar-refractivity contribution in [1.82, 2.24) is 9.80 Å². The van der Waals surface area contributed by atoms with E-state index in [9.17, 15) is 4.79 Å². The smallest absolute Gasteiger partial charge is 0.222 e. The minimum atomic E-state index is 0.329. The minimum Gasteiger partial charge on any atom is -0.378 e. The van der Waals surface area contributed by atoms with Gasteiger partial charge in [0.15, 0.2) is 0 Å². The largest absolute Gasteiger partial charge is 0.378 e. The molecule has 0 aromatic heterocycles. The fourth-order valence-electron chi connectivity index (χ4n) is 4.50. The van der Waals surface area contributed by atoms with Crippen LogP contribution in [0.25, 0.3) is 0 Å². The second-order valence-electron chi connectivity index (χ2n) is 8.43. The fraction of sp³-hybridized carbons (Fsp3) is 0.773. The molecular formula is C22H36N2O2. The van der Waals surface area contributed by atoms with Gasteiger partial charge in [-0.2, -0.15) is 0 Å². The van der Waals surface area contributed by atoms with Crippen molar-refractivity contribution in [3.8, 4) is 0 Å². The summed E-state index contributed by atoms with van der Waals surface area (Å²) < 4.78 is 5.33. The third-order valence-corrected chi connectivity index (χ3v) is 6.47. The topological polar surface area (TPSA) is 32.8 Å². The Morgan fingerprint density at radius 1 is 1.19 bits per heavy atom. The van der Waals surface area contributed by atoms with E-state index in [2.05, 4.69) is 24.5 Å². The summed E-state index contributed by atoms with van der Waals surface area (Å²) in [6.45, 7) is 12.8. The van der Waals surface area contributed by atoms with Crippen LogP contribution in [-0.4, -0.2) is 61.6 Å². The molecule has 2 aliphatic heterocycles. The third-order valence-electron chi connectivity index (χ3n) is 6.47. The molecule has 0 radical (unpaired) electrons. The monoisotopic (exact) mass is 360 g/mol. The summed E-state index contributed by atoms with van der Waals surface area (Å²) in [6.07, 6.45) is 10.5. The van der Waals surface area contributed by atoms with E-state index in [0.717, 1.165) is 38.4 Å². The quantitative estimate of drug-likeness (QED) is 0.678. The number of hydrogen-bond donors (Lipinski definition) is 0. The fourth-order valence-corrected chi connectivity index (χ4v) is 4.50. The van der Waals surface area contributed by atoms with Crippen molar-refractivity contribution in [3.05, 3.63) is 23.8 Å². The maximum Gasteiger partial charge on any atom is 0.222 e. The highest BCUT2D eigenvalue weighted by molar-refractivity contribution is 5.76. The van der Waals surface area contributed by atoms with Crippen molar-refractivity contribution < 1.29 is 9.53 Å². The molecule has 1 atom stereocenters. The Kier molecular flexibility index (Phi) is 7.32. The number of piperidine rings is 1. The van der Waals surface area contributed by atoms with Gasteiger partial charge in [0.2, 0.25) is 5.91 Å². The minimum absolute atomic E-state index is 0.329. The standard InChI is InChI=1S/C22H36N2O2/c1-18(2)21-6-3-20(4-7-21)17-23-11-9-19(10-12-23)5-8-22(25)24-13-15-26-16-14-24/h3,19,21H,1,4-17H2,2H3/t21-/m1/s1. The molecule has 0 spiro atoms. The van der Waals surface area contributed by atoms with Crippen LogP contribution in [0.4, 0.5) is 0 Å². The van der Waals surface area contributed by atoms with Crippen LogP contribution in [0.3, 0.4) is 0 Å². The number of nitrogens with zero attached hydrogens (tertiary/aromatic N) is 2. The lowest BCUT2D eigenvalue weighted by atomic mass is 9.85. The van der Waals surface area contributed by atoms with Crippen LogP contribution in [0, 0.1) is 11.8 Å². The molecule has 1 aliphatic carbocycles. The molecule has 146 valence electrons. The molecule has 0 aromatic carbocycles.